The first-order chi connectivity index (χ1) is 6.64. The topological polar surface area (TPSA) is 49.8 Å². The largest absolute Gasteiger partial charge is 0.481 e. The van der Waals surface area contributed by atoms with Crippen LogP contribution in [0, 0.1) is 5.41 Å². The van der Waals surface area contributed by atoms with Crippen molar-refractivity contribution in [3.63, 3.8) is 0 Å². The molecule has 0 aliphatic carbocycles. The minimum atomic E-state index is -0.649. The Kier molecular flexibility index (Phi) is 3.93. The lowest BCUT2D eigenvalue weighted by Gasteiger charge is -2.27. The van der Waals surface area contributed by atoms with E-state index in [0.29, 0.717) is 12.8 Å². The van der Waals surface area contributed by atoms with Crippen molar-refractivity contribution in [2.24, 2.45) is 5.41 Å². The summed E-state index contributed by atoms with van der Waals surface area (Å²) in [5.41, 5.74) is -0.531. The van der Waals surface area contributed by atoms with Crippen molar-refractivity contribution in [3.8, 4) is 0 Å². The van der Waals surface area contributed by atoms with Crippen molar-refractivity contribution >= 4 is 5.97 Å². The van der Waals surface area contributed by atoms with Gasteiger partial charge in [0.2, 0.25) is 0 Å². The second-order valence-electron chi connectivity index (χ2n) is 4.20. The lowest BCUT2D eigenvalue weighted by Crippen LogP contribution is -2.32. The fraction of sp³-hybridized carbons (Fsp3) is 0.909. The number of carboxylic acids is 1. The summed E-state index contributed by atoms with van der Waals surface area (Å²) in [7, 11) is 0. The summed E-state index contributed by atoms with van der Waals surface area (Å²) in [4.78, 5) is 11.3. The molecule has 0 aromatic rings. The summed E-state index contributed by atoms with van der Waals surface area (Å²) in [6.07, 6.45) is 4.45. The van der Waals surface area contributed by atoms with Gasteiger partial charge >= 0.3 is 5.97 Å². The van der Waals surface area contributed by atoms with E-state index in [0.717, 1.165) is 25.9 Å². The lowest BCUT2D eigenvalue weighted by molar-refractivity contribution is -0.150. The third-order valence-corrected chi connectivity index (χ3v) is 3.16. The van der Waals surface area contributed by atoms with Crippen molar-refractivity contribution in [2.75, 3.05) is 6.61 Å². The molecule has 14 heavy (non-hydrogen) atoms. The zero-order chi connectivity index (χ0) is 10.6. The summed E-state index contributed by atoms with van der Waals surface area (Å²) in [5, 5.41) is 9.27. The molecule has 1 saturated heterocycles. The fourth-order valence-corrected chi connectivity index (χ4v) is 1.91. The van der Waals surface area contributed by atoms with Gasteiger partial charge in [0.05, 0.1) is 18.1 Å². The highest BCUT2D eigenvalue weighted by atomic mass is 16.6. The number of epoxide rings is 1. The smallest absolute Gasteiger partial charge is 0.309 e. The molecule has 0 radical (unpaired) electrons. The van der Waals surface area contributed by atoms with E-state index in [9.17, 15) is 9.90 Å². The van der Waals surface area contributed by atoms with E-state index in [1.807, 2.05) is 6.92 Å². The second-order valence-corrected chi connectivity index (χ2v) is 4.20. The number of carbonyl (C=O) groups is 1. The summed E-state index contributed by atoms with van der Waals surface area (Å²) in [5.74, 6) is -0.649. The maximum absolute atomic E-state index is 11.3. The van der Waals surface area contributed by atoms with Crippen LogP contribution >= 0.6 is 0 Å². The molecule has 0 aromatic heterocycles. The Hall–Kier alpha value is -0.570. The zero-order valence-corrected chi connectivity index (χ0v) is 9.08. The molecule has 3 nitrogen and oxygen atoms in total. The summed E-state index contributed by atoms with van der Waals surface area (Å²) in [6.45, 7) is 4.81. The van der Waals surface area contributed by atoms with Gasteiger partial charge in [0, 0.05) is 0 Å². The van der Waals surface area contributed by atoms with Crippen LogP contribution in [-0.4, -0.2) is 23.8 Å². The predicted molar refractivity (Wildman–Crippen MR) is 54.2 cm³/mol. The average molecular weight is 200 g/mol. The lowest BCUT2D eigenvalue weighted by atomic mass is 9.76. The van der Waals surface area contributed by atoms with E-state index < -0.39 is 11.4 Å². The molecule has 1 aliphatic heterocycles. The number of hydrogen-bond donors (Lipinski definition) is 1. The average Bonchev–Trinajstić information content (AvgIpc) is 2.95. The van der Waals surface area contributed by atoms with Crippen LogP contribution < -0.4 is 0 Å². The molecule has 0 aromatic carbocycles. The molecule has 2 atom stereocenters. The number of rotatable bonds is 7. The molecular weight excluding hydrogens is 180 g/mol. The molecular formula is C11H20O3. The first-order valence-corrected chi connectivity index (χ1v) is 5.49. The minimum absolute atomic E-state index is 0.211. The van der Waals surface area contributed by atoms with Crippen molar-refractivity contribution < 1.29 is 14.6 Å². The van der Waals surface area contributed by atoms with Gasteiger partial charge in [-0.2, -0.15) is 0 Å². The van der Waals surface area contributed by atoms with Crippen LogP contribution in [0.2, 0.25) is 0 Å². The van der Waals surface area contributed by atoms with Crippen molar-refractivity contribution in [1.29, 1.82) is 0 Å². The molecule has 2 unspecified atom stereocenters. The zero-order valence-electron chi connectivity index (χ0n) is 9.08. The summed E-state index contributed by atoms with van der Waals surface area (Å²) < 4.78 is 5.13. The SMILES string of the molecule is CCCCC(CC)(CC1CO1)C(=O)O. The highest BCUT2D eigenvalue weighted by Gasteiger charge is 2.41. The molecule has 1 rings (SSSR count). The quantitative estimate of drug-likeness (QED) is 0.642. The van der Waals surface area contributed by atoms with Crippen LogP contribution in [0.5, 0.6) is 0 Å². The Labute approximate surface area is 85.5 Å². The summed E-state index contributed by atoms with van der Waals surface area (Å²) in [6, 6.07) is 0. The fourth-order valence-electron chi connectivity index (χ4n) is 1.91. The summed E-state index contributed by atoms with van der Waals surface area (Å²) >= 11 is 0. The molecule has 1 N–H and O–H groups in total. The van der Waals surface area contributed by atoms with Crippen molar-refractivity contribution in [2.45, 2.75) is 52.1 Å². The number of carboxylic acid groups (broad SMARTS) is 1. The maximum atomic E-state index is 11.3. The highest BCUT2D eigenvalue weighted by Crippen LogP contribution is 2.38. The molecule has 0 bridgehead atoms. The third kappa shape index (κ3) is 2.71. The molecule has 82 valence electrons. The first-order valence-electron chi connectivity index (χ1n) is 5.49. The molecule has 0 spiro atoms. The molecule has 1 heterocycles. The third-order valence-electron chi connectivity index (χ3n) is 3.16. The van der Waals surface area contributed by atoms with Gasteiger partial charge in [-0.1, -0.05) is 26.7 Å². The number of aliphatic carboxylic acids is 1. The predicted octanol–water partition coefficient (Wildman–Crippen LogP) is 2.45. The van der Waals surface area contributed by atoms with Crippen LogP contribution in [-0.2, 0) is 9.53 Å². The van der Waals surface area contributed by atoms with Gasteiger partial charge in [0.15, 0.2) is 0 Å². The maximum Gasteiger partial charge on any atom is 0.309 e. The van der Waals surface area contributed by atoms with Crippen LogP contribution in [0.3, 0.4) is 0 Å². The monoisotopic (exact) mass is 200 g/mol. The van der Waals surface area contributed by atoms with Gasteiger partial charge in [0.25, 0.3) is 0 Å². The van der Waals surface area contributed by atoms with E-state index in [2.05, 4.69) is 6.92 Å². The Morgan fingerprint density at radius 1 is 1.57 bits per heavy atom. The Morgan fingerprint density at radius 3 is 2.57 bits per heavy atom. The van der Waals surface area contributed by atoms with Crippen LogP contribution in [0.4, 0.5) is 0 Å². The molecule has 1 aliphatic rings. The van der Waals surface area contributed by atoms with Crippen LogP contribution in [0.25, 0.3) is 0 Å². The number of ether oxygens (including phenoxy) is 1. The van der Waals surface area contributed by atoms with E-state index in [-0.39, 0.29) is 6.10 Å². The van der Waals surface area contributed by atoms with Gasteiger partial charge in [0.1, 0.15) is 0 Å². The van der Waals surface area contributed by atoms with Crippen LogP contribution in [0.1, 0.15) is 46.0 Å². The van der Waals surface area contributed by atoms with Crippen molar-refractivity contribution in [1.82, 2.24) is 0 Å². The van der Waals surface area contributed by atoms with Gasteiger partial charge in [-0.15, -0.1) is 0 Å². The van der Waals surface area contributed by atoms with Crippen molar-refractivity contribution in [3.05, 3.63) is 0 Å². The van der Waals surface area contributed by atoms with E-state index in [1.54, 1.807) is 0 Å². The normalized spacial score (nSPS) is 24.3. The molecule has 0 amide bonds. The molecule has 3 heteroatoms. The van der Waals surface area contributed by atoms with E-state index >= 15 is 0 Å². The minimum Gasteiger partial charge on any atom is -0.481 e. The Balaban J connectivity index is 2.57. The van der Waals surface area contributed by atoms with Crippen LogP contribution in [0.15, 0.2) is 0 Å². The number of unbranched alkanes of at least 4 members (excludes halogenated alkanes) is 1. The van der Waals surface area contributed by atoms with Gasteiger partial charge in [-0.05, 0) is 19.3 Å². The van der Waals surface area contributed by atoms with Gasteiger partial charge in [-0.25, -0.2) is 0 Å². The van der Waals surface area contributed by atoms with Gasteiger partial charge < -0.3 is 9.84 Å². The highest BCUT2D eigenvalue weighted by molar-refractivity contribution is 5.74. The Morgan fingerprint density at radius 2 is 2.21 bits per heavy atom. The van der Waals surface area contributed by atoms with E-state index in [1.165, 1.54) is 0 Å². The standard InChI is InChI=1S/C11H20O3/c1-3-5-6-11(4-2,10(12)13)7-9-8-14-9/h9H,3-8H2,1-2H3,(H,12,13). The molecule has 0 saturated carbocycles. The number of hydrogen-bond acceptors (Lipinski definition) is 2. The van der Waals surface area contributed by atoms with E-state index in [4.69, 9.17) is 4.74 Å². The first kappa shape index (κ1) is 11.5. The molecule has 1 fully saturated rings. The Bertz CT molecular complexity index is 199. The second kappa shape index (κ2) is 4.78. The van der Waals surface area contributed by atoms with Gasteiger partial charge in [-0.3, -0.25) is 4.79 Å².